The zero-order valence-corrected chi connectivity index (χ0v) is 10.4. The summed E-state index contributed by atoms with van der Waals surface area (Å²) < 4.78 is 1.60. The number of hydrogen-bond acceptors (Lipinski definition) is 3. The number of carbonyl (C=O) groups is 2. The van der Waals surface area contributed by atoms with Gasteiger partial charge >= 0.3 is 5.97 Å². The highest BCUT2D eigenvalue weighted by molar-refractivity contribution is 5.87. The van der Waals surface area contributed by atoms with Gasteiger partial charge in [0, 0.05) is 37.5 Å². The molecule has 0 aliphatic heterocycles. The first-order valence-corrected chi connectivity index (χ1v) is 5.66. The Balaban J connectivity index is 2.89. The highest BCUT2D eigenvalue weighted by Gasteiger charge is 2.11. The van der Waals surface area contributed by atoms with Gasteiger partial charge in [-0.2, -0.15) is 0 Å². The van der Waals surface area contributed by atoms with Crippen LogP contribution in [0.5, 0.6) is 0 Å². The third-order valence-electron chi connectivity index (χ3n) is 2.53. The zero-order valence-electron chi connectivity index (χ0n) is 10.4. The predicted octanol–water partition coefficient (Wildman–Crippen LogP) is 0.381. The Labute approximate surface area is 104 Å². The van der Waals surface area contributed by atoms with Crippen molar-refractivity contribution < 1.29 is 14.7 Å². The Kier molecular flexibility index (Phi) is 4.65. The highest BCUT2D eigenvalue weighted by atomic mass is 16.4. The third-order valence-corrected chi connectivity index (χ3v) is 2.53. The molecule has 0 saturated heterocycles. The molecule has 0 atom stereocenters. The van der Waals surface area contributed by atoms with Crippen LogP contribution in [0.2, 0.25) is 0 Å². The number of carboxylic acids is 1. The zero-order chi connectivity index (χ0) is 13.7. The number of hydrogen-bond donors (Lipinski definition) is 2. The average molecular weight is 252 g/mol. The van der Waals surface area contributed by atoms with Crippen LogP contribution in [0.25, 0.3) is 0 Å². The molecule has 6 heteroatoms. The van der Waals surface area contributed by atoms with Gasteiger partial charge in [-0.25, -0.2) is 4.79 Å². The Bertz CT molecular complexity index is 519. The van der Waals surface area contributed by atoms with Crippen LogP contribution in [0.3, 0.4) is 0 Å². The van der Waals surface area contributed by atoms with Crippen LogP contribution >= 0.6 is 0 Å². The van der Waals surface area contributed by atoms with Crippen LogP contribution in [0.4, 0.5) is 0 Å². The molecule has 0 saturated carbocycles. The molecule has 2 N–H and O–H groups in total. The minimum absolute atomic E-state index is 0.104. The standard InChI is InChI=1S/C12H16N2O4/c1-3-13-11(16)4-5-14-7-9(12(17)18)10(15)6-8(14)2/h6-7H,3-5H2,1-2H3,(H,13,16)(H,17,18). The van der Waals surface area contributed by atoms with E-state index in [0.29, 0.717) is 18.8 Å². The summed E-state index contributed by atoms with van der Waals surface area (Å²) in [6.45, 7) is 4.43. The average Bonchev–Trinajstić information content (AvgIpc) is 2.27. The summed E-state index contributed by atoms with van der Waals surface area (Å²) in [5.74, 6) is -1.36. The van der Waals surface area contributed by atoms with E-state index in [1.165, 1.54) is 12.3 Å². The molecular weight excluding hydrogens is 236 g/mol. The lowest BCUT2D eigenvalue weighted by Crippen LogP contribution is -2.25. The second kappa shape index (κ2) is 6.00. The topological polar surface area (TPSA) is 88.4 Å². The summed E-state index contributed by atoms with van der Waals surface area (Å²) in [6, 6.07) is 1.27. The summed E-state index contributed by atoms with van der Waals surface area (Å²) in [7, 11) is 0. The predicted molar refractivity (Wildman–Crippen MR) is 65.7 cm³/mol. The van der Waals surface area contributed by atoms with E-state index in [2.05, 4.69) is 5.32 Å². The second-order valence-electron chi connectivity index (χ2n) is 3.89. The molecule has 0 fully saturated rings. The van der Waals surface area contributed by atoms with Crippen LogP contribution < -0.4 is 10.7 Å². The van der Waals surface area contributed by atoms with Gasteiger partial charge in [0.25, 0.3) is 0 Å². The number of nitrogens with one attached hydrogen (secondary N) is 1. The first-order valence-electron chi connectivity index (χ1n) is 5.66. The van der Waals surface area contributed by atoms with Crippen molar-refractivity contribution in [1.82, 2.24) is 9.88 Å². The molecule has 0 aromatic carbocycles. The molecule has 0 unspecified atom stereocenters. The quantitative estimate of drug-likeness (QED) is 0.793. The fourth-order valence-electron chi connectivity index (χ4n) is 1.58. The van der Waals surface area contributed by atoms with E-state index in [-0.39, 0.29) is 17.9 Å². The molecule has 0 spiro atoms. The summed E-state index contributed by atoms with van der Waals surface area (Å²) in [4.78, 5) is 33.5. The molecule has 1 aromatic heterocycles. The van der Waals surface area contributed by atoms with Crippen LogP contribution in [0, 0.1) is 6.92 Å². The molecular formula is C12H16N2O4. The first-order chi connectivity index (χ1) is 8.45. The Morgan fingerprint density at radius 1 is 1.44 bits per heavy atom. The van der Waals surface area contributed by atoms with E-state index < -0.39 is 11.4 Å². The fourth-order valence-corrected chi connectivity index (χ4v) is 1.58. The van der Waals surface area contributed by atoms with E-state index in [0.717, 1.165) is 0 Å². The van der Waals surface area contributed by atoms with Crippen LogP contribution in [-0.4, -0.2) is 28.1 Å². The Morgan fingerprint density at radius 2 is 2.11 bits per heavy atom. The van der Waals surface area contributed by atoms with Gasteiger partial charge < -0.3 is 15.0 Å². The minimum Gasteiger partial charge on any atom is -0.477 e. The van der Waals surface area contributed by atoms with Crippen molar-refractivity contribution >= 4 is 11.9 Å². The van der Waals surface area contributed by atoms with Gasteiger partial charge in [0.1, 0.15) is 5.56 Å². The molecule has 0 aliphatic carbocycles. The van der Waals surface area contributed by atoms with E-state index in [9.17, 15) is 14.4 Å². The van der Waals surface area contributed by atoms with Crippen molar-refractivity contribution in [3.8, 4) is 0 Å². The summed E-state index contributed by atoms with van der Waals surface area (Å²) in [5, 5.41) is 11.5. The minimum atomic E-state index is -1.26. The molecule has 1 heterocycles. The molecule has 6 nitrogen and oxygen atoms in total. The van der Waals surface area contributed by atoms with Gasteiger partial charge in [0.2, 0.25) is 5.91 Å². The van der Waals surface area contributed by atoms with Crippen LogP contribution in [0.15, 0.2) is 17.1 Å². The number of nitrogens with zero attached hydrogens (tertiary/aromatic N) is 1. The maximum atomic E-state index is 11.4. The largest absolute Gasteiger partial charge is 0.477 e. The van der Waals surface area contributed by atoms with E-state index in [1.807, 2.05) is 6.92 Å². The van der Waals surface area contributed by atoms with E-state index in [1.54, 1.807) is 11.5 Å². The molecule has 0 aliphatic rings. The van der Waals surface area contributed by atoms with Crippen molar-refractivity contribution in [3.05, 3.63) is 33.7 Å². The number of aromatic nitrogens is 1. The molecule has 18 heavy (non-hydrogen) atoms. The summed E-state index contributed by atoms with van der Waals surface area (Å²) >= 11 is 0. The number of amides is 1. The van der Waals surface area contributed by atoms with Gasteiger partial charge in [-0.3, -0.25) is 9.59 Å². The van der Waals surface area contributed by atoms with Crippen molar-refractivity contribution in [2.24, 2.45) is 0 Å². The lowest BCUT2D eigenvalue weighted by atomic mass is 10.2. The maximum Gasteiger partial charge on any atom is 0.341 e. The first kappa shape index (κ1) is 14.0. The maximum absolute atomic E-state index is 11.4. The number of pyridine rings is 1. The number of rotatable bonds is 5. The molecule has 1 rings (SSSR count). The van der Waals surface area contributed by atoms with Gasteiger partial charge in [-0.15, -0.1) is 0 Å². The number of carbonyl (C=O) groups excluding carboxylic acids is 1. The summed E-state index contributed by atoms with van der Waals surface area (Å²) in [5.41, 5.74) is -0.167. The van der Waals surface area contributed by atoms with Crippen molar-refractivity contribution in [1.29, 1.82) is 0 Å². The SMILES string of the molecule is CCNC(=O)CCn1cc(C(=O)O)c(=O)cc1C. The highest BCUT2D eigenvalue weighted by Crippen LogP contribution is 2.01. The number of aromatic carboxylic acids is 1. The van der Waals surface area contributed by atoms with Crippen molar-refractivity contribution in [3.63, 3.8) is 0 Å². The smallest absolute Gasteiger partial charge is 0.341 e. The van der Waals surface area contributed by atoms with Crippen LogP contribution in [-0.2, 0) is 11.3 Å². The molecule has 98 valence electrons. The van der Waals surface area contributed by atoms with Gasteiger partial charge in [-0.1, -0.05) is 0 Å². The lowest BCUT2D eigenvalue weighted by Gasteiger charge is -2.11. The monoisotopic (exact) mass is 252 g/mol. The third kappa shape index (κ3) is 3.44. The molecule has 0 radical (unpaired) electrons. The van der Waals surface area contributed by atoms with Gasteiger partial charge in [0.15, 0.2) is 5.43 Å². The second-order valence-corrected chi connectivity index (χ2v) is 3.89. The lowest BCUT2D eigenvalue weighted by molar-refractivity contribution is -0.121. The molecule has 0 bridgehead atoms. The van der Waals surface area contributed by atoms with Gasteiger partial charge in [0.05, 0.1) is 0 Å². The number of carboxylic acid groups (broad SMARTS) is 1. The Morgan fingerprint density at radius 3 is 2.67 bits per heavy atom. The van der Waals surface area contributed by atoms with Crippen molar-refractivity contribution in [2.45, 2.75) is 26.8 Å². The van der Waals surface area contributed by atoms with E-state index >= 15 is 0 Å². The normalized spacial score (nSPS) is 10.1. The Hall–Kier alpha value is -2.11. The van der Waals surface area contributed by atoms with E-state index in [4.69, 9.17) is 5.11 Å². The summed E-state index contributed by atoms with van der Waals surface area (Å²) in [6.07, 6.45) is 1.52. The fraction of sp³-hybridized carbons (Fsp3) is 0.417. The van der Waals surface area contributed by atoms with Gasteiger partial charge in [-0.05, 0) is 13.8 Å². The van der Waals surface area contributed by atoms with Crippen LogP contribution in [0.1, 0.15) is 29.4 Å². The molecule has 1 amide bonds. The molecule has 1 aromatic rings. The number of aryl methyl sites for hydroxylation is 2. The van der Waals surface area contributed by atoms with Crippen molar-refractivity contribution in [2.75, 3.05) is 6.54 Å².